The highest BCUT2D eigenvalue weighted by Gasteiger charge is 2.18. The standard InChI is InChI=1S/C12H15N3O2S2/c1-4-17-11(16)9-8(3)19-12(15-9)14-7(2)10-13-5-6-18-10/h5-7H,4H2,1-3H3,(H,14,15). The summed E-state index contributed by atoms with van der Waals surface area (Å²) in [5.74, 6) is -0.369. The molecule has 0 aromatic carbocycles. The van der Waals surface area contributed by atoms with Gasteiger partial charge in [0.15, 0.2) is 10.8 Å². The van der Waals surface area contributed by atoms with E-state index in [0.717, 1.165) is 9.88 Å². The fourth-order valence-corrected chi connectivity index (χ4v) is 3.08. The highest BCUT2D eigenvalue weighted by Crippen LogP contribution is 2.27. The molecule has 0 saturated carbocycles. The molecule has 2 rings (SSSR count). The number of rotatable bonds is 5. The van der Waals surface area contributed by atoms with E-state index in [2.05, 4.69) is 15.3 Å². The van der Waals surface area contributed by atoms with Crippen molar-refractivity contribution >= 4 is 33.8 Å². The summed E-state index contributed by atoms with van der Waals surface area (Å²) in [7, 11) is 0. The minimum absolute atomic E-state index is 0.0700. The third-order valence-corrected chi connectivity index (χ3v) is 4.29. The number of hydrogen-bond donors (Lipinski definition) is 1. The molecule has 1 N–H and O–H groups in total. The first-order valence-corrected chi connectivity index (χ1v) is 7.62. The topological polar surface area (TPSA) is 64.1 Å². The molecule has 2 heterocycles. The maximum atomic E-state index is 11.7. The lowest BCUT2D eigenvalue weighted by Gasteiger charge is -2.08. The number of esters is 1. The van der Waals surface area contributed by atoms with Gasteiger partial charge < -0.3 is 10.1 Å². The van der Waals surface area contributed by atoms with Gasteiger partial charge in [-0.1, -0.05) is 0 Å². The molecule has 1 unspecified atom stereocenters. The lowest BCUT2D eigenvalue weighted by atomic mass is 10.4. The van der Waals surface area contributed by atoms with Gasteiger partial charge in [-0.25, -0.2) is 14.8 Å². The van der Waals surface area contributed by atoms with Crippen LogP contribution in [-0.2, 0) is 4.74 Å². The SMILES string of the molecule is CCOC(=O)c1nc(NC(C)c2nccs2)sc1C. The summed E-state index contributed by atoms with van der Waals surface area (Å²) >= 11 is 3.04. The van der Waals surface area contributed by atoms with Crippen LogP contribution < -0.4 is 5.32 Å². The van der Waals surface area contributed by atoms with Crippen LogP contribution in [0.1, 0.15) is 40.3 Å². The van der Waals surface area contributed by atoms with Crippen molar-refractivity contribution in [1.29, 1.82) is 0 Å². The van der Waals surface area contributed by atoms with Crippen LogP contribution in [0.15, 0.2) is 11.6 Å². The molecule has 0 aliphatic heterocycles. The van der Waals surface area contributed by atoms with Gasteiger partial charge in [0.25, 0.3) is 0 Å². The third-order valence-electron chi connectivity index (χ3n) is 2.43. The van der Waals surface area contributed by atoms with Crippen molar-refractivity contribution in [2.45, 2.75) is 26.8 Å². The number of hydrogen-bond acceptors (Lipinski definition) is 7. The second-order valence-electron chi connectivity index (χ2n) is 3.88. The van der Waals surface area contributed by atoms with E-state index in [0.29, 0.717) is 17.4 Å². The van der Waals surface area contributed by atoms with Gasteiger partial charge in [0.1, 0.15) is 5.01 Å². The van der Waals surface area contributed by atoms with Crippen molar-refractivity contribution in [2.24, 2.45) is 0 Å². The van der Waals surface area contributed by atoms with E-state index >= 15 is 0 Å². The summed E-state index contributed by atoms with van der Waals surface area (Å²) in [6, 6.07) is 0.0700. The van der Waals surface area contributed by atoms with Gasteiger partial charge in [-0.15, -0.1) is 22.7 Å². The highest BCUT2D eigenvalue weighted by atomic mass is 32.1. The third kappa shape index (κ3) is 3.30. The first kappa shape index (κ1) is 14.0. The second kappa shape index (κ2) is 6.12. The molecule has 7 heteroatoms. The first-order chi connectivity index (χ1) is 9.11. The Morgan fingerprint density at radius 3 is 3.00 bits per heavy atom. The zero-order chi connectivity index (χ0) is 13.8. The number of aromatic nitrogens is 2. The predicted octanol–water partition coefficient (Wildman–Crippen LogP) is 3.26. The van der Waals surface area contributed by atoms with Crippen LogP contribution in [-0.4, -0.2) is 22.5 Å². The van der Waals surface area contributed by atoms with E-state index < -0.39 is 0 Å². The van der Waals surface area contributed by atoms with Crippen LogP contribution >= 0.6 is 22.7 Å². The summed E-state index contributed by atoms with van der Waals surface area (Å²) in [4.78, 5) is 21.1. The molecule has 0 amide bonds. The number of thiazole rings is 2. The Morgan fingerprint density at radius 1 is 1.58 bits per heavy atom. The molecule has 2 aromatic rings. The number of aryl methyl sites for hydroxylation is 1. The monoisotopic (exact) mass is 297 g/mol. The molecule has 102 valence electrons. The van der Waals surface area contributed by atoms with Gasteiger partial charge in [0, 0.05) is 16.5 Å². The molecule has 0 saturated heterocycles. The molecule has 2 aromatic heterocycles. The zero-order valence-electron chi connectivity index (χ0n) is 11.0. The molecule has 19 heavy (non-hydrogen) atoms. The first-order valence-electron chi connectivity index (χ1n) is 5.92. The average Bonchev–Trinajstić information content (AvgIpc) is 2.99. The van der Waals surface area contributed by atoms with Gasteiger partial charge >= 0.3 is 5.97 Å². The Morgan fingerprint density at radius 2 is 2.37 bits per heavy atom. The number of nitrogens with zero attached hydrogens (tertiary/aromatic N) is 2. The molecule has 0 aliphatic carbocycles. The summed E-state index contributed by atoms with van der Waals surface area (Å²) in [6.45, 7) is 6.01. The number of nitrogens with one attached hydrogen (secondary N) is 1. The van der Waals surface area contributed by atoms with Crippen LogP contribution in [0.3, 0.4) is 0 Å². The lowest BCUT2D eigenvalue weighted by molar-refractivity contribution is 0.0519. The Balaban J connectivity index is 2.10. The van der Waals surface area contributed by atoms with Gasteiger partial charge in [0.05, 0.1) is 12.6 Å². The van der Waals surface area contributed by atoms with Crippen LogP contribution in [0, 0.1) is 6.92 Å². The van der Waals surface area contributed by atoms with Crippen molar-refractivity contribution in [3.63, 3.8) is 0 Å². The van der Waals surface area contributed by atoms with E-state index in [4.69, 9.17) is 4.74 Å². The van der Waals surface area contributed by atoms with Crippen LogP contribution in [0.4, 0.5) is 5.13 Å². The summed E-state index contributed by atoms with van der Waals surface area (Å²) in [5, 5.41) is 6.89. The van der Waals surface area contributed by atoms with E-state index in [1.54, 1.807) is 24.5 Å². The largest absolute Gasteiger partial charge is 0.461 e. The number of ether oxygens (including phenoxy) is 1. The number of carbonyl (C=O) groups is 1. The van der Waals surface area contributed by atoms with Crippen molar-refractivity contribution in [3.05, 3.63) is 27.2 Å². The normalized spacial score (nSPS) is 12.2. The fraction of sp³-hybridized carbons (Fsp3) is 0.417. The van der Waals surface area contributed by atoms with Crippen molar-refractivity contribution in [3.8, 4) is 0 Å². The Bertz CT molecular complexity index is 551. The summed E-state index contributed by atoms with van der Waals surface area (Å²) < 4.78 is 4.97. The van der Waals surface area contributed by atoms with Crippen molar-refractivity contribution in [2.75, 3.05) is 11.9 Å². The van der Waals surface area contributed by atoms with E-state index in [1.807, 2.05) is 19.2 Å². The van der Waals surface area contributed by atoms with E-state index in [9.17, 15) is 4.79 Å². The van der Waals surface area contributed by atoms with Gasteiger partial charge in [-0.2, -0.15) is 0 Å². The maximum Gasteiger partial charge on any atom is 0.358 e. The minimum atomic E-state index is -0.369. The molecule has 1 atom stereocenters. The maximum absolute atomic E-state index is 11.7. The molecule has 5 nitrogen and oxygen atoms in total. The van der Waals surface area contributed by atoms with Gasteiger partial charge in [0.2, 0.25) is 0 Å². The predicted molar refractivity (Wildman–Crippen MR) is 77.0 cm³/mol. The van der Waals surface area contributed by atoms with Crippen molar-refractivity contribution in [1.82, 2.24) is 9.97 Å². The molecule has 0 bridgehead atoms. The summed E-state index contributed by atoms with van der Waals surface area (Å²) in [5.41, 5.74) is 0.390. The Kier molecular flexibility index (Phi) is 4.49. The molecular formula is C12H15N3O2S2. The molecule has 0 spiro atoms. The molecule has 0 radical (unpaired) electrons. The Labute approximate surface area is 119 Å². The van der Waals surface area contributed by atoms with Crippen LogP contribution in [0.25, 0.3) is 0 Å². The quantitative estimate of drug-likeness (QED) is 0.858. The lowest BCUT2D eigenvalue weighted by Crippen LogP contribution is -2.08. The fourth-order valence-electron chi connectivity index (χ4n) is 1.54. The van der Waals surface area contributed by atoms with E-state index in [1.165, 1.54) is 11.3 Å². The van der Waals surface area contributed by atoms with Crippen LogP contribution in [0.2, 0.25) is 0 Å². The zero-order valence-corrected chi connectivity index (χ0v) is 12.6. The van der Waals surface area contributed by atoms with Gasteiger partial charge in [-0.3, -0.25) is 0 Å². The highest BCUT2D eigenvalue weighted by molar-refractivity contribution is 7.15. The molecular weight excluding hydrogens is 282 g/mol. The Hall–Kier alpha value is -1.47. The van der Waals surface area contributed by atoms with Crippen LogP contribution in [0.5, 0.6) is 0 Å². The average molecular weight is 297 g/mol. The minimum Gasteiger partial charge on any atom is -0.461 e. The number of anilines is 1. The summed E-state index contributed by atoms with van der Waals surface area (Å²) in [6.07, 6.45) is 1.77. The molecule has 0 aliphatic rings. The van der Waals surface area contributed by atoms with E-state index in [-0.39, 0.29) is 12.0 Å². The molecule has 0 fully saturated rings. The number of carbonyl (C=O) groups excluding carboxylic acids is 1. The van der Waals surface area contributed by atoms with Gasteiger partial charge in [-0.05, 0) is 20.8 Å². The second-order valence-corrected chi connectivity index (χ2v) is 6.01. The smallest absolute Gasteiger partial charge is 0.358 e. The van der Waals surface area contributed by atoms with Crippen molar-refractivity contribution < 1.29 is 9.53 Å².